The molecule has 3 N–H and O–H groups in total. The minimum Gasteiger partial charge on any atom is -0.483 e. The van der Waals surface area contributed by atoms with Crippen molar-refractivity contribution in [3.8, 4) is 28.5 Å². The maximum atomic E-state index is 12.3. The van der Waals surface area contributed by atoms with E-state index in [-0.39, 0.29) is 18.4 Å². The van der Waals surface area contributed by atoms with Gasteiger partial charge in [0, 0.05) is 35.0 Å². The lowest BCUT2D eigenvalue weighted by Gasteiger charge is -2.12. The molecule has 0 aliphatic carbocycles. The molecule has 0 saturated heterocycles. The molecule has 2 aromatic heterocycles. The fourth-order valence-corrected chi connectivity index (χ4v) is 4.10. The SMILES string of the molecule is O=C(COc1ccc(Br)cc1-c1nccc(-c2cc3c([nH]2)CCNC3=O)n1)Nc1ccccc1. The molecule has 1 aliphatic heterocycles. The van der Waals surface area contributed by atoms with Gasteiger partial charge in [-0.3, -0.25) is 9.59 Å². The molecule has 34 heavy (non-hydrogen) atoms. The largest absolute Gasteiger partial charge is 0.483 e. The zero-order valence-electron chi connectivity index (χ0n) is 18.0. The van der Waals surface area contributed by atoms with Crippen LogP contribution >= 0.6 is 15.9 Å². The Labute approximate surface area is 203 Å². The van der Waals surface area contributed by atoms with Crippen molar-refractivity contribution in [3.05, 3.63) is 82.6 Å². The van der Waals surface area contributed by atoms with Crippen molar-refractivity contribution in [3.63, 3.8) is 0 Å². The minimum absolute atomic E-state index is 0.0884. The third-order valence-electron chi connectivity index (χ3n) is 5.33. The summed E-state index contributed by atoms with van der Waals surface area (Å²) in [6, 6.07) is 18.2. The summed E-state index contributed by atoms with van der Waals surface area (Å²) >= 11 is 3.49. The van der Waals surface area contributed by atoms with Gasteiger partial charge in [0.2, 0.25) is 0 Å². The molecule has 0 atom stereocenters. The van der Waals surface area contributed by atoms with Gasteiger partial charge in [0.05, 0.1) is 22.5 Å². The number of ether oxygens (including phenoxy) is 1. The van der Waals surface area contributed by atoms with Crippen LogP contribution in [-0.4, -0.2) is 39.9 Å². The molecule has 0 spiro atoms. The topological polar surface area (TPSA) is 109 Å². The maximum absolute atomic E-state index is 12.3. The van der Waals surface area contributed by atoms with E-state index >= 15 is 0 Å². The Morgan fingerprint density at radius 3 is 2.76 bits per heavy atom. The molecular formula is C25H20BrN5O3. The number of aromatic amines is 1. The molecule has 0 unspecified atom stereocenters. The Kier molecular flexibility index (Phi) is 6.09. The van der Waals surface area contributed by atoms with Gasteiger partial charge < -0.3 is 20.4 Å². The minimum atomic E-state index is -0.273. The van der Waals surface area contributed by atoms with Crippen molar-refractivity contribution in [1.82, 2.24) is 20.3 Å². The van der Waals surface area contributed by atoms with Gasteiger partial charge >= 0.3 is 0 Å². The summed E-state index contributed by atoms with van der Waals surface area (Å²) in [6.45, 7) is 0.444. The summed E-state index contributed by atoms with van der Waals surface area (Å²) in [5.41, 5.74) is 4.26. The first kappa shape index (κ1) is 21.8. The molecule has 0 saturated carbocycles. The Hall–Kier alpha value is -3.98. The van der Waals surface area contributed by atoms with E-state index in [0.717, 1.165) is 22.3 Å². The highest BCUT2D eigenvalue weighted by Crippen LogP contribution is 2.32. The van der Waals surface area contributed by atoms with E-state index in [1.165, 1.54) is 0 Å². The molecule has 5 rings (SSSR count). The van der Waals surface area contributed by atoms with Crippen molar-refractivity contribution in [2.75, 3.05) is 18.5 Å². The Balaban J connectivity index is 1.39. The molecule has 0 bridgehead atoms. The van der Waals surface area contributed by atoms with Gasteiger partial charge in [0.25, 0.3) is 11.8 Å². The molecule has 9 heteroatoms. The van der Waals surface area contributed by atoms with E-state index < -0.39 is 0 Å². The Morgan fingerprint density at radius 1 is 1.09 bits per heavy atom. The Morgan fingerprint density at radius 2 is 1.94 bits per heavy atom. The molecule has 2 aromatic carbocycles. The van der Waals surface area contributed by atoms with Crippen LogP contribution in [-0.2, 0) is 11.2 Å². The van der Waals surface area contributed by atoms with Crippen LogP contribution in [0.15, 0.2) is 71.3 Å². The summed E-state index contributed by atoms with van der Waals surface area (Å²) in [5.74, 6) is 0.558. The number of hydrogen-bond acceptors (Lipinski definition) is 5. The predicted octanol–water partition coefficient (Wildman–Crippen LogP) is 4.20. The third-order valence-corrected chi connectivity index (χ3v) is 5.83. The number of carbonyl (C=O) groups excluding carboxylic acids is 2. The highest BCUT2D eigenvalue weighted by Gasteiger charge is 2.21. The number of halogens is 1. The van der Waals surface area contributed by atoms with Gasteiger partial charge in [-0.15, -0.1) is 0 Å². The average Bonchev–Trinajstić information content (AvgIpc) is 3.30. The second-order valence-corrected chi connectivity index (χ2v) is 8.61. The average molecular weight is 518 g/mol. The number of aromatic nitrogens is 3. The summed E-state index contributed by atoms with van der Waals surface area (Å²) in [6.07, 6.45) is 2.40. The molecule has 4 aromatic rings. The van der Waals surface area contributed by atoms with Gasteiger partial charge in [0.15, 0.2) is 12.4 Å². The molecule has 1 aliphatic rings. The molecular weight excluding hydrogens is 498 g/mol. The number of nitrogens with one attached hydrogen (secondary N) is 3. The summed E-state index contributed by atoms with van der Waals surface area (Å²) < 4.78 is 6.66. The second kappa shape index (κ2) is 9.48. The van der Waals surface area contributed by atoms with Crippen LogP contribution in [0.5, 0.6) is 5.75 Å². The van der Waals surface area contributed by atoms with E-state index in [9.17, 15) is 9.59 Å². The lowest BCUT2D eigenvalue weighted by atomic mass is 10.1. The lowest BCUT2D eigenvalue weighted by Crippen LogP contribution is -2.31. The number of para-hydroxylation sites is 1. The van der Waals surface area contributed by atoms with E-state index in [2.05, 4.69) is 36.5 Å². The summed E-state index contributed by atoms with van der Waals surface area (Å²) in [4.78, 5) is 36.9. The quantitative estimate of drug-likeness (QED) is 0.355. The number of benzene rings is 2. The van der Waals surface area contributed by atoms with E-state index in [4.69, 9.17) is 9.72 Å². The summed E-state index contributed by atoms with van der Waals surface area (Å²) in [5, 5.41) is 5.65. The van der Waals surface area contributed by atoms with E-state index in [0.29, 0.717) is 40.6 Å². The van der Waals surface area contributed by atoms with Crippen molar-refractivity contribution in [2.24, 2.45) is 0 Å². The monoisotopic (exact) mass is 517 g/mol. The van der Waals surface area contributed by atoms with Gasteiger partial charge in [-0.2, -0.15) is 0 Å². The molecule has 0 fully saturated rings. The van der Waals surface area contributed by atoms with E-state index in [1.54, 1.807) is 18.3 Å². The van der Waals surface area contributed by atoms with Gasteiger partial charge in [-0.25, -0.2) is 9.97 Å². The zero-order valence-corrected chi connectivity index (χ0v) is 19.6. The van der Waals surface area contributed by atoms with Crippen LogP contribution in [0, 0.1) is 0 Å². The van der Waals surface area contributed by atoms with Crippen molar-refractivity contribution in [2.45, 2.75) is 6.42 Å². The molecule has 8 nitrogen and oxygen atoms in total. The van der Waals surface area contributed by atoms with Crippen LogP contribution in [0.2, 0.25) is 0 Å². The van der Waals surface area contributed by atoms with Gasteiger partial charge in [0.1, 0.15) is 5.75 Å². The van der Waals surface area contributed by atoms with Crippen LogP contribution in [0.4, 0.5) is 5.69 Å². The van der Waals surface area contributed by atoms with Crippen molar-refractivity contribution >= 4 is 33.4 Å². The smallest absolute Gasteiger partial charge is 0.262 e. The number of H-pyrrole nitrogens is 1. The second-order valence-electron chi connectivity index (χ2n) is 7.69. The number of amides is 2. The third kappa shape index (κ3) is 4.69. The highest BCUT2D eigenvalue weighted by molar-refractivity contribution is 9.10. The Bertz CT molecular complexity index is 1370. The first-order valence-corrected chi connectivity index (χ1v) is 11.5. The summed E-state index contributed by atoms with van der Waals surface area (Å²) in [7, 11) is 0. The van der Waals surface area contributed by atoms with Crippen molar-refractivity contribution < 1.29 is 14.3 Å². The first-order valence-electron chi connectivity index (χ1n) is 10.7. The van der Waals surface area contributed by atoms with Crippen LogP contribution in [0.3, 0.4) is 0 Å². The number of carbonyl (C=O) groups is 2. The standard InChI is InChI=1S/C25H20BrN5O3/c26-15-6-7-22(34-14-23(32)29-16-4-2-1-3-5-16)18(12-15)24-27-10-9-20(31-24)21-13-17-19(30-21)8-11-28-25(17)33/h1-7,9-10,12-13,30H,8,11,14H2,(H,28,33)(H,29,32). The molecule has 3 heterocycles. The van der Waals surface area contributed by atoms with Crippen molar-refractivity contribution in [1.29, 1.82) is 0 Å². The number of anilines is 1. The molecule has 170 valence electrons. The number of fused-ring (bicyclic) bond motifs is 1. The number of hydrogen-bond donors (Lipinski definition) is 3. The van der Waals surface area contributed by atoms with E-state index in [1.807, 2.05) is 48.5 Å². The highest BCUT2D eigenvalue weighted by atomic mass is 79.9. The van der Waals surface area contributed by atoms with Crippen LogP contribution in [0.25, 0.3) is 22.8 Å². The number of nitrogens with zero attached hydrogens (tertiary/aromatic N) is 2. The predicted molar refractivity (Wildman–Crippen MR) is 132 cm³/mol. The van der Waals surface area contributed by atoms with Crippen LogP contribution in [0.1, 0.15) is 16.1 Å². The van der Waals surface area contributed by atoms with Crippen LogP contribution < -0.4 is 15.4 Å². The molecule has 2 amide bonds. The molecule has 0 radical (unpaired) electrons. The van der Waals surface area contributed by atoms with Gasteiger partial charge in [-0.1, -0.05) is 34.1 Å². The maximum Gasteiger partial charge on any atom is 0.262 e. The number of rotatable bonds is 6. The van der Waals surface area contributed by atoms with Gasteiger partial charge in [-0.05, 0) is 42.5 Å². The first-order chi connectivity index (χ1) is 16.6. The normalized spacial score (nSPS) is 12.6. The zero-order chi connectivity index (χ0) is 23.5. The fourth-order valence-electron chi connectivity index (χ4n) is 3.73. The fraction of sp³-hybridized carbons (Fsp3) is 0.120. The lowest BCUT2D eigenvalue weighted by molar-refractivity contribution is -0.118.